The Morgan fingerprint density at radius 2 is 1.14 bits per heavy atom. The zero-order valence-corrected chi connectivity index (χ0v) is 26.2. The van der Waals surface area contributed by atoms with Crippen molar-refractivity contribution in [3.8, 4) is 0 Å². The van der Waals surface area contributed by atoms with Gasteiger partial charge in [-0.3, -0.25) is 19.6 Å². The first-order valence-corrected chi connectivity index (χ1v) is 14.2. The quantitative estimate of drug-likeness (QED) is 0.0651. The topological polar surface area (TPSA) is 220 Å². The van der Waals surface area contributed by atoms with E-state index in [4.69, 9.17) is 10.2 Å². The third-order valence-electron chi connectivity index (χ3n) is 5.14. The smallest absolute Gasteiger partial charge is 0.253 e. The fourth-order valence-electron chi connectivity index (χ4n) is 3.19. The number of anilines is 1. The molecule has 0 aliphatic heterocycles. The van der Waals surface area contributed by atoms with Crippen molar-refractivity contribution in [2.24, 2.45) is 0 Å². The highest BCUT2D eigenvalue weighted by Gasteiger charge is 2.33. The van der Waals surface area contributed by atoms with E-state index >= 15 is 0 Å². The molecular formula is C21H30I3N3O10. The molecule has 0 heterocycles. The number of rotatable bonds is 14. The minimum atomic E-state index is -1.20. The number of carbonyl (C=O) groups excluding carboxylic acids is 3. The van der Waals surface area contributed by atoms with Gasteiger partial charge >= 0.3 is 0 Å². The van der Waals surface area contributed by atoms with Crippen molar-refractivity contribution in [2.75, 3.05) is 31.5 Å². The number of halogens is 3. The predicted octanol–water partition coefficient (Wildman–Crippen LogP) is -0.699. The van der Waals surface area contributed by atoms with Crippen LogP contribution in [0, 0.1) is 10.7 Å². The summed E-state index contributed by atoms with van der Waals surface area (Å²) in [6.07, 6.45) is -2.83. The molecule has 16 heteroatoms. The van der Waals surface area contributed by atoms with E-state index in [0.29, 0.717) is 5.06 Å². The summed E-state index contributed by atoms with van der Waals surface area (Å²) in [6.45, 7) is -0.793. The molecule has 0 spiro atoms. The number of aliphatic hydroxyl groups is 6. The van der Waals surface area contributed by atoms with Gasteiger partial charge in [0.2, 0.25) is 5.91 Å². The number of nitrogens with zero attached hydrogens (tertiary/aromatic N) is 1. The van der Waals surface area contributed by atoms with Gasteiger partial charge in [0, 0.05) is 9.99 Å². The van der Waals surface area contributed by atoms with Crippen molar-refractivity contribution >= 4 is 91.2 Å². The fourth-order valence-corrected chi connectivity index (χ4v) is 7.79. The Kier molecular flexibility index (Phi) is 15.5. The summed E-state index contributed by atoms with van der Waals surface area (Å²) < 4.78 is 0.374. The third kappa shape index (κ3) is 9.31. The molecule has 0 aliphatic rings. The lowest BCUT2D eigenvalue weighted by Crippen LogP contribution is -2.43. The van der Waals surface area contributed by atoms with Crippen LogP contribution >= 0.6 is 67.8 Å². The average molecular weight is 865 g/mol. The molecular weight excluding hydrogens is 835 g/mol. The second kappa shape index (κ2) is 16.6. The van der Waals surface area contributed by atoms with Gasteiger partial charge in [0.25, 0.3) is 11.8 Å². The number of hydrogen-bond acceptors (Lipinski definition) is 10. The van der Waals surface area contributed by atoms with Crippen LogP contribution in [0.25, 0.3) is 0 Å². The molecule has 0 saturated carbocycles. The van der Waals surface area contributed by atoms with Crippen molar-refractivity contribution in [3.05, 3.63) is 21.8 Å². The standard InChI is InChI=1S/C21H30I3N3O10/c1-2-13(34)27(37)19-17(23)14(20(35)25-9(5-28)3-11(32)7-30)16(22)15(18(19)24)21(36)26-10(6-29)4-12(33)8-31/h9-12,28-33,37H,2-8H2,1H3,(H,25,35)(H,26,36). The van der Waals surface area contributed by atoms with Crippen LogP contribution in [0.3, 0.4) is 0 Å². The van der Waals surface area contributed by atoms with Gasteiger partial charge in [0.15, 0.2) is 0 Å². The van der Waals surface area contributed by atoms with Crippen LogP contribution in [0.15, 0.2) is 0 Å². The van der Waals surface area contributed by atoms with Crippen molar-refractivity contribution in [1.29, 1.82) is 0 Å². The number of hydrogen-bond donors (Lipinski definition) is 9. The van der Waals surface area contributed by atoms with Gasteiger partial charge < -0.3 is 41.3 Å². The first kappa shape index (κ1) is 34.6. The monoisotopic (exact) mass is 865 g/mol. The second-order valence-corrected chi connectivity index (χ2v) is 11.2. The first-order chi connectivity index (χ1) is 17.4. The Hall–Kier alpha value is -0.460. The molecule has 0 aromatic heterocycles. The van der Waals surface area contributed by atoms with Gasteiger partial charge in [-0.05, 0) is 80.6 Å². The van der Waals surface area contributed by atoms with Crippen LogP contribution in [0.2, 0.25) is 0 Å². The molecule has 0 fully saturated rings. The predicted molar refractivity (Wildman–Crippen MR) is 156 cm³/mol. The molecule has 1 aromatic carbocycles. The highest BCUT2D eigenvalue weighted by molar-refractivity contribution is 14.1. The van der Waals surface area contributed by atoms with Crippen LogP contribution in [-0.4, -0.2) is 104 Å². The van der Waals surface area contributed by atoms with Crippen LogP contribution in [0.4, 0.5) is 5.69 Å². The number of carbonyl (C=O) groups is 3. The van der Waals surface area contributed by atoms with Crippen molar-refractivity contribution in [3.63, 3.8) is 0 Å². The summed E-state index contributed by atoms with van der Waals surface area (Å²) in [7, 11) is 0. The van der Waals surface area contributed by atoms with Crippen molar-refractivity contribution in [1.82, 2.24) is 10.6 Å². The summed E-state index contributed by atoms with van der Waals surface area (Å²) in [5, 5.41) is 72.8. The van der Waals surface area contributed by atoms with E-state index in [2.05, 4.69) is 10.6 Å². The molecule has 0 bridgehead atoms. The lowest BCUT2D eigenvalue weighted by molar-refractivity contribution is -0.123. The number of amides is 3. The Labute approximate surface area is 254 Å². The maximum Gasteiger partial charge on any atom is 0.253 e. The molecule has 9 N–H and O–H groups in total. The third-order valence-corrected chi connectivity index (χ3v) is 8.32. The summed E-state index contributed by atoms with van der Waals surface area (Å²) in [6, 6.07) is -1.91. The largest absolute Gasteiger partial charge is 0.394 e. The van der Waals surface area contributed by atoms with Crippen LogP contribution in [0.5, 0.6) is 0 Å². The molecule has 4 unspecified atom stereocenters. The Morgan fingerprint density at radius 1 is 0.757 bits per heavy atom. The van der Waals surface area contributed by atoms with Gasteiger partial charge in [-0.1, -0.05) is 6.92 Å². The van der Waals surface area contributed by atoms with E-state index < -0.39 is 68.4 Å². The summed E-state index contributed by atoms with van der Waals surface area (Å²) in [5.41, 5.74) is -0.328. The molecule has 210 valence electrons. The Morgan fingerprint density at radius 3 is 1.43 bits per heavy atom. The fraction of sp³-hybridized carbons (Fsp3) is 0.571. The van der Waals surface area contributed by atoms with Gasteiger partial charge in [0.1, 0.15) is 5.69 Å². The maximum absolute atomic E-state index is 13.3. The number of nitrogens with one attached hydrogen (secondary N) is 2. The van der Waals surface area contributed by atoms with Gasteiger partial charge in [-0.15, -0.1) is 0 Å². The van der Waals surface area contributed by atoms with Gasteiger partial charge in [0.05, 0.1) is 69.0 Å². The molecule has 13 nitrogen and oxygen atoms in total. The Bertz CT molecular complexity index is 907. The number of hydroxylamine groups is 1. The van der Waals surface area contributed by atoms with Crippen LogP contribution in [0.1, 0.15) is 46.9 Å². The van der Waals surface area contributed by atoms with E-state index in [0.717, 1.165) is 0 Å². The molecule has 0 saturated heterocycles. The van der Waals surface area contributed by atoms with Crippen molar-refractivity contribution < 1.29 is 50.2 Å². The van der Waals surface area contributed by atoms with Gasteiger partial charge in [-0.25, -0.2) is 0 Å². The summed E-state index contributed by atoms with van der Waals surface area (Å²) in [4.78, 5) is 38.9. The molecule has 0 radical (unpaired) electrons. The molecule has 1 aromatic rings. The van der Waals surface area contributed by atoms with E-state index in [1.807, 2.05) is 0 Å². The molecule has 0 aliphatic carbocycles. The van der Waals surface area contributed by atoms with E-state index in [1.54, 1.807) is 67.8 Å². The van der Waals surface area contributed by atoms with Crippen LogP contribution < -0.4 is 15.7 Å². The summed E-state index contributed by atoms with van der Waals surface area (Å²) in [5.74, 6) is -2.28. The molecule has 4 atom stereocenters. The highest BCUT2D eigenvalue weighted by Crippen LogP contribution is 2.38. The number of benzene rings is 1. The van der Waals surface area contributed by atoms with E-state index in [9.17, 15) is 40.0 Å². The minimum absolute atomic E-state index is 0.0883. The lowest BCUT2D eigenvalue weighted by Gasteiger charge is -2.25. The summed E-state index contributed by atoms with van der Waals surface area (Å²) >= 11 is 5.25. The van der Waals surface area contributed by atoms with Crippen LogP contribution in [-0.2, 0) is 4.79 Å². The second-order valence-electron chi connectivity index (χ2n) is 7.95. The maximum atomic E-state index is 13.3. The minimum Gasteiger partial charge on any atom is -0.394 e. The van der Waals surface area contributed by atoms with Gasteiger partial charge in [-0.2, -0.15) is 5.06 Å². The molecule has 37 heavy (non-hydrogen) atoms. The van der Waals surface area contributed by atoms with Crippen molar-refractivity contribution in [2.45, 2.75) is 50.5 Å². The zero-order valence-electron chi connectivity index (χ0n) is 19.7. The average Bonchev–Trinajstić information content (AvgIpc) is 2.86. The lowest BCUT2D eigenvalue weighted by atomic mass is 10.0. The zero-order chi connectivity index (χ0) is 28.4. The number of aliphatic hydroxyl groups excluding tert-OH is 6. The first-order valence-electron chi connectivity index (χ1n) is 11.0. The normalized spacial score (nSPS) is 14.5. The molecule has 3 amide bonds. The SMILES string of the molecule is CCC(=O)N(O)c1c(I)c(C(=O)NC(CO)CC(O)CO)c(I)c(C(=O)NC(CO)CC(O)CO)c1I. The Balaban J connectivity index is 3.66. The van der Waals surface area contributed by atoms with E-state index in [1.165, 1.54) is 6.92 Å². The molecule has 1 rings (SSSR count). The highest BCUT2D eigenvalue weighted by atomic mass is 127. The van der Waals surface area contributed by atoms with E-state index in [-0.39, 0.29) is 46.8 Å².